The van der Waals surface area contributed by atoms with E-state index >= 15 is 0 Å². The highest BCUT2D eigenvalue weighted by Gasteiger charge is 2.41. The van der Waals surface area contributed by atoms with Gasteiger partial charge in [0.15, 0.2) is 0 Å². The SMILES string of the molecule is CCCC1(C(=O)O)CCN(C(=O)CC(CN)OC)CC1. The standard InChI is InChI=1S/C14H26N2O4/c1-3-4-14(13(18)19)5-7-16(8-6-14)12(17)9-11(10-15)20-2/h11H,3-10,15H2,1-2H3,(H,18,19). The maximum Gasteiger partial charge on any atom is 0.309 e. The van der Waals surface area contributed by atoms with Crippen LogP contribution in [0.2, 0.25) is 0 Å². The highest BCUT2D eigenvalue weighted by atomic mass is 16.5. The van der Waals surface area contributed by atoms with Gasteiger partial charge in [-0.25, -0.2) is 0 Å². The summed E-state index contributed by atoms with van der Waals surface area (Å²) in [6.07, 6.45) is 2.59. The van der Waals surface area contributed by atoms with Gasteiger partial charge in [0.2, 0.25) is 5.91 Å². The van der Waals surface area contributed by atoms with Gasteiger partial charge in [0.05, 0.1) is 17.9 Å². The molecule has 1 heterocycles. The van der Waals surface area contributed by atoms with E-state index in [1.807, 2.05) is 6.92 Å². The fourth-order valence-corrected chi connectivity index (χ4v) is 2.82. The first-order valence-electron chi connectivity index (χ1n) is 7.23. The summed E-state index contributed by atoms with van der Waals surface area (Å²) in [5.74, 6) is -0.735. The Morgan fingerprint density at radius 2 is 2.00 bits per heavy atom. The van der Waals surface area contributed by atoms with Gasteiger partial charge < -0.3 is 20.5 Å². The van der Waals surface area contributed by atoms with Gasteiger partial charge in [-0.3, -0.25) is 9.59 Å². The van der Waals surface area contributed by atoms with Crippen molar-refractivity contribution >= 4 is 11.9 Å². The Hall–Kier alpha value is -1.14. The van der Waals surface area contributed by atoms with E-state index in [4.69, 9.17) is 10.5 Å². The zero-order valence-electron chi connectivity index (χ0n) is 12.4. The molecule has 0 spiro atoms. The van der Waals surface area contributed by atoms with Crippen molar-refractivity contribution in [1.82, 2.24) is 4.90 Å². The Labute approximate surface area is 120 Å². The second-order valence-electron chi connectivity index (χ2n) is 5.51. The molecule has 0 saturated carbocycles. The lowest BCUT2D eigenvalue weighted by atomic mass is 9.75. The molecule has 1 unspecified atom stereocenters. The van der Waals surface area contributed by atoms with E-state index in [1.54, 1.807) is 4.90 Å². The molecule has 6 heteroatoms. The summed E-state index contributed by atoms with van der Waals surface area (Å²) in [4.78, 5) is 25.3. The summed E-state index contributed by atoms with van der Waals surface area (Å²) in [7, 11) is 1.54. The molecule has 1 fully saturated rings. The summed E-state index contributed by atoms with van der Waals surface area (Å²) < 4.78 is 5.11. The topological polar surface area (TPSA) is 92.9 Å². The second kappa shape index (κ2) is 7.59. The third kappa shape index (κ3) is 3.93. The maximum absolute atomic E-state index is 12.1. The second-order valence-corrected chi connectivity index (χ2v) is 5.51. The van der Waals surface area contributed by atoms with E-state index in [0.717, 1.165) is 6.42 Å². The molecule has 1 aliphatic heterocycles. The lowest BCUT2D eigenvalue weighted by Crippen LogP contribution is -2.47. The molecular weight excluding hydrogens is 260 g/mol. The largest absolute Gasteiger partial charge is 0.481 e. The maximum atomic E-state index is 12.1. The van der Waals surface area contributed by atoms with Gasteiger partial charge in [0, 0.05) is 26.7 Å². The van der Waals surface area contributed by atoms with Crippen LogP contribution in [0.1, 0.15) is 39.0 Å². The van der Waals surface area contributed by atoms with E-state index < -0.39 is 11.4 Å². The molecule has 0 bridgehead atoms. The number of methoxy groups -OCH3 is 1. The van der Waals surface area contributed by atoms with Crippen molar-refractivity contribution < 1.29 is 19.4 Å². The number of carbonyl (C=O) groups excluding carboxylic acids is 1. The molecule has 1 amide bonds. The number of nitrogens with zero attached hydrogens (tertiary/aromatic N) is 1. The van der Waals surface area contributed by atoms with Crippen LogP contribution >= 0.6 is 0 Å². The molecule has 0 aromatic rings. The minimum absolute atomic E-state index is 0.00205. The van der Waals surface area contributed by atoms with Crippen LogP contribution in [0.15, 0.2) is 0 Å². The first-order valence-corrected chi connectivity index (χ1v) is 7.23. The minimum Gasteiger partial charge on any atom is -0.481 e. The van der Waals surface area contributed by atoms with Crippen LogP contribution in [0.3, 0.4) is 0 Å². The van der Waals surface area contributed by atoms with E-state index in [0.29, 0.717) is 38.9 Å². The number of amides is 1. The predicted molar refractivity (Wildman–Crippen MR) is 75.3 cm³/mol. The molecule has 1 atom stereocenters. The molecule has 0 aromatic carbocycles. The number of hydrogen-bond acceptors (Lipinski definition) is 4. The van der Waals surface area contributed by atoms with Crippen LogP contribution in [-0.4, -0.2) is 54.7 Å². The van der Waals surface area contributed by atoms with Gasteiger partial charge in [0.25, 0.3) is 0 Å². The average Bonchev–Trinajstić information content (AvgIpc) is 2.45. The first kappa shape index (κ1) is 16.9. The van der Waals surface area contributed by atoms with Crippen LogP contribution in [0.5, 0.6) is 0 Å². The van der Waals surface area contributed by atoms with E-state index in [2.05, 4.69) is 0 Å². The van der Waals surface area contributed by atoms with Crippen molar-refractivity contribution in [1.29, 1.82) is 0 Å². The molecule has 1 rings (SSSR count). The third-order valence-corrected chi connectivity index (χ3v) is 4.25. The fourth-order valence-electron chi connectivity index (χ4n) is 2.82. The van der Waals surface area contributed by atoms with Gasteiger partial charge in [-0.2, -0.15) is 0 Å². The number of ether oxygens (including phenoxy) is 1. The van der Waals surface area contributed by atoms with Gasteiger partial charge in [-0.15, -0.1) is 0 Å². The van der Waals surface area contributed by atoms with E-state index in [-0.39, 0.29) is 18.4 Å². The Balaban J connectivity index is 2.56. The predicted octanol–water partition coefficient (Wildman–Crippen LogP) is 0.844. The monoisotopic (exact) mass is 286 g/mol. The van der Waals surface area contributed by atoms with E-state index in [9.17, 15) is 14.7 Å². The zero-order valence-corrected chi connectivity index (χ0v) is 12.4. The number of hydrogen-bond donors (Lipinski definition) is 2. The number of aliphatic carboxylic acids is 1. The Morgan fingerprint density at radius 1 is 1.40 bits per heavy atom. The number of nitrogens with two attached hydrogens (primary N) is 1. The smallest absolute Gasteiger partial charge is 0.309 e. The molecule has 20 heavy (non-hydrogen) atoms. The molecule has 6 nitrogen and oxygen atoms in total. The third-order valence-electron chi connectivity index (χ3n) is 4.25. The number of rotatable bonds is 7. The Morgan fingerprint density at radius 3 is 2.40 bits per heavy atom. The Kier molecular flexibility index (Phi) is 6.42. The number of carboxylic acids is 1. The normalized spacial score (nSPS) is 19.6. The fraction of sp³-hybridized carbons (Fsp3) is 0.857. The van der Waals surface area contributed by atoms with Gasteiger partial charge in [0.1, 0.15) is 0 Å². The molecule has 0 aliphatic carbocycles. The van der Waals surface area contributed by atoms with Crippen LogP contribution in [-0.2, 0) is 14.3 Å². The highest BCUT2D eigenvalue weighted by molar-refractivity contribution is 5.78. The molecule has 0 radical (unpaired) electrons. The van der Waals surface area contributed by atoms with Crippen molar-refractivity contribution in [2.45, 2.75) is 45.1 Å². The minimum atomic E-state index is -0.733. The number of likely N-dealkylation sites (tertiary alicyclic amines) is 1. The van der Waals surface area contributed by atoms with Gasteiger partial charge in [-0.1, -0.05) is 13.3 Å². The highest BCUT2D eigenvalue weighted by Crippen LogP contribution is 2.36. The van der Waals surface area contributed by atoms with Crippen LogP contribution in [0.4, 0.5) is 0 Å². The van der Waals surface area contributed by atoms with Crippen molar-refractivity contribution in [3.63, 3.8) is 0 Å². The Bertz CT molecular complexity index is 334. The van der Waals surface area contributed by atoms with Crippen molar-refractivity contribution in [2.24, 2.45) is 11.1 Å². The van der Waals surface area contributed by atoms with Crippen LogP contribution < -0.4 is 5.73 Å². The van der Waals surface area contributed by atoms with Crippen molar-refractivity contribution in [2.75, 3.05) is 26.7 Å². The quantitative estimate of drug-likeness (QED) is 0.723. The van der Waals surface area contributed by atoms with Crippen molar-refractivity contribution in [3.05, 3.63) is 0 Å². The lowest BCUT2D eigenvalue weighted by molar-refractivity contribution is -0.155. The average molecular weight is 286 g/mol. The van der Waals surface area contributed by atoms with Crippen LogP contribution in [0, 0.1) is 5.41 Å². The summed E-state index contributed by atoms with van der Waals surface area (Å²) in [6.45, 7) is 3.32. The zero-order chi connectivity index (χ0) is 15.2. The first-order chi connectivity index (χ1) is 9.49. The molecule has 116 valence electrons. The summed E-state index contributed by atoms with van der Waals surface area (Å²) in [5.41, 5.74) is 4.86. The molecule has 1 saturated heterocycles. The van der Waals surface area contributed by atoms with Crippen LogP contribution in [0.25, 0.3) is 0 Å². The van der Waals surface area contributed by atoms with Gasteiger partial charge >= 0.3 is 5.97 Å². The molecule has 3 N–H and O–H groups in total. The number of carboxylic acid groups (broad SMARTS) is 1. The number of carbonyl (C=O) groups is 2. The summed E-state index contributed by atoms with van der Waals surface area (Å²) >= 11 is 0. The van der Waals surface area contributed by atoms with E-state index in [1.165, 1.54) is 7.11 Å². The molecule has 0 aromatic heterocycles. The number of piperidine rings is 1. The lowest BCUT2D eigenvalue weighted by Gasteiger charge is -2.39. The molecular formula is C14H26N2O4. The molecule has 1 aliphatic rings. The summed E-state index contributed by atoms with van der Waals surface area (Å²) in [5, 5.41) is 9.43. The van der Waals surface area contributed by atoms with Gasteiger partial charge in [-0.05, 0) is 19.3 Å². The van der Waals surface area contributed by atoms with Crippen molar-refractivity contribution in [3.8, 4) is 0 Å². The summed E-state index contributed by atoms with van der Waals surface area (Å²) in [6, 6.07) is 0.